The van der Waals surface area contributed by atoms with Crippen molar-refractivity contribution < 1.29 is 19.2 Å². The molecule has 1 aliphatic heterocycles. The number of rotatable bonds is 7. The van der Waals surface area contributed by atoms with Crippen molar-refractivity contribution in [3.63, 3.8) is 0 Å². The van der Waals surface area contributed by atoms with Gasteiger partial charge in [-0.05, 0) is 86.6 Å². The Hall–Kier alpha value is -3.61. The van der Waals surface area contributed by atoms with E-state index in [2.05, 4.69) is 51.1 Å². The second-order valence-electron chi connectivity index (χ2n) is 8.33. The average molecular weight is 672 g/mol. The summed E-state index contributed by atoms with van der Waals surface area (Å²) in [6, 6.07) is 22.1. The zero-order valence-corrected chi connectivity index (χ0v) is 24.0. The number of nitro groups is 1. The molecule has 196 valence electrons. The van der Waals surface area contributed by atoms with Crippen LogP contribution in [0.1, 0.15) is 11.1 Å². The molecule has 1 saturated heterocycles. The van der Waals surface area contributed by atoms with Crippen LogP contribution in [0.4, 0.5) is 11.4 Å². The van der Waals surface area contributed by atoms with Crippen LogP contribution in [0.5, 0.6) is 11.5 Å². The van der Waals surface area contributed by atoms with E-state index in [1.165, 1.54) is 18.2 Å². The van der Waals surface area contributed by atoms with Gasteiger partial charge >= 0.3 is 0 Å². The quantitative estimate of drug-likeness (QED) is 0.0946. The lowest BCUT2D eigenvalue weighted by molar-refractivity contribution is -0.384. The third kappa shape index (κ3) is 6.02. The molecule has 4 aromatic rings. The van der Waals surface area contributed by atoms with Crippen molar-refractivity contribution in [3.8, 4) is 11.5 Å². The highest BCUT2D eigenvalue weighted by Gasteiger charge is 2.26. The number of fused-ring (bicyclic) bond motifs is 1. The monoisotopic (exact) mass is 671 g/mol. The first-order chi connectivity index (χ1) is 18.8. The topological polar surface area (TPSA) is 103 Å². The Morgan fingerprint density at radius 3 is 2.72 bits per heavy atom. The van der Waals surface area contributed by atoms with Crippen molar-refractivity contribution in [2.24, 2.45) is 4.99 Å². The van der Waals surface area contributed by atoms with Crippen LogP contribution in [-0.4, -0.2) is 23.1 Å². The van der Waals surface area contributed by atoms with Gasteiger partial charge < -0.3 is 14.8 Å². The van der Waals surface area contributed by atoms with Crippen molar-refractivity contribution in [1.82, 2.24) is 5.32 Å². The number of carbonyl (C=O) groups is 1. The lowest BCUT2D eigenvalue weighted by Gasteiger charge is -2.15. The average Bonchev–Trinajstić information content (AvgIpc) is 3.26. The number of nitrogens with zero attached hydrogens (tertiary/aromatic N) is 2. The summed E-state index contributed by atoms with van der Waals surface area (Å²) in [5.74, 6) is 0.776. The van der Waals surface area contributed by atoms with Gasteiger partial charge in [0.2, 0.25) is 0 Å². The van der Waals surface area contributed by atoms with E-state index in [9.17, 15) is 14.9 Å². The minimum absolute atomic E-state index is 0.0948. The number of carbonyl (C=O) groups excluding carboxylic acids is 1. The van der Waals surface area contributed by atoms with Crippen LogP contribution in [0.3, 0.4) is 0 Å². The molecule has 0 aromatic heterocycles. The molecule has 11 heteroatoms. The Morgan fingerprint density at radius 2 is 1.92 bits per heavy atom. The summed E-state index contributed by atoms with van der Waals surface area (Å²) in [6.45, 7) is 0.364. The minimum Gasteiger partial charge on any atom is -0.493 e. The van der Waals surface area contributed by atoms with E-state index in [1.54, 1.807) is 19.3 Å². The van der Waals surface area contributed by atoms with Gasteiger partial charge in [-0.3, -0.25) is 14.9 Å². The zero-order valence-electron chi connectivity index (χ0n) is 20.3. The molecule has 0 saturated carbocycles. The van der Waals surface area contributed by atoms with E-state index >= 15 is 0 Å². The summed E-state index contributed by atoms with van der Waals surface area (Å²) in [5, 5.41) is 16.7. The van der Waals surface area contributed by atoms with Gasteiger partial charge in [0.1, 0.15) is 12.3 Å². The molecule has 5 rings (SSSR count). The Kier molecular flexibility index (Phi) is 8.05. The Morgan fingerprint density at radius 1 is 1.13 bits per heavy atom. The molecular formula is C28H19ClIN3O5S. The SMILES string of the molecule is COc1cc(/C=C2/SC(=Nc3ccc(Cl)cc3[N+](=O)[O-])NC2=O)cc(I)c1OCc1cccc2ccccc12. The van der Waals surface area contributed by atoms with Crippen molar-refractivity contribution in [2.45, 2.75) is 6.61 Å². The fraction of sp³-hybridized carbons (Fsp3) is 0.0714. The number of methoxy groups -OCH3 is 1. The molecule has 1 N–H and O–H groups in total. The third-order valence-electron chi connectivity index (χ3n) is 5.81. The van der Waals surface area contributed by atoms with Crippen LogP contribution in [-0.2, 0) is 11.4 Å². The lowest BCUT2D eigenvalue weighted by atomic mass is 10.1. The van der Waals surface area contributed by atoms with Crippen LogP contribution in [0, 0.1) is 13.7 Å². The van der Waals surface area contributed by atoms with Crippen LogP contribution in [0.15, 0.2) is 82.7 Å². The molecule has 0 unspecified atom stereocenters. The molecule has 8 nitrogen and oxygen atoms in total. The fourth-order valence-corrected chi connectivity index (χ4v) is 5.79. The smallest absolute Gasteiger partial charge is 0.296 e. The summed E-state index contributed by atoms with van der Waals surface area (Å²) in [5.41, 5.74) is 1.63. The van der Waals surface area contributed by atoms with Crippen molar-refractivity contribution in [2.75, 3.05) is 7.11 Å². The summed E-state index contributed by atoms with van der Waals surface area (Å²) in [4.78, 5) is 28.1. The van der Waals surface area contributed by atoms with Crippen LogP contribution in [0.25, 0.3) is 16.8 Å². The van der Waals surface area contributed by atoms with Gasteiger partial charge in [-0.2, -0.15) is 0 Å². The van der Waals surface area contributed by atoms with E-state index in [-0.39, 0.29) is 27.5 Å². The highest BCUT2D eigenvalue weighted by Crippen LogP contribution is 2.38. The van der Waals surface area contributed by atoms with Gasteiger partial charge in [0, 0.05) is 11.1 Å². The number of amides is 1. The predicted molar refractivity (Wildman–Crippen MR) is 163 cm³/mol. The number of thioether (sulfide) groups is 1. The number of amidine groups is 1. The molecule has 4 aromatic carbocycles. The Balaban J connectivity index is 1.38. The molecule has 0 spiro atoms. The van der Waals surface area contributed by atoms with Gasteiger partial charge in [0.05, 0.1) is 20.5 Å². The maximum absolute atomic E-state index is 12.6. The molecule has 0 aliphatic carbocycles. The van der Waals surface area contributed by atoms with Crippen molar-refractivity contribution in [3.05, 3.63) is 108 Å². The first-order valence-electron chi connectivity index (χ1n) is 11.5. The second-order valence-corrected chi connectivity index (χ2v) is 11.0. The number of aliphatic imine (C=N–C) groups is 1. The summed E-state index contributed by atoms with van der Waals surface area (Å²) < 4.78 is 12.6. The highest BCUT2D eigenvalue weighted by molar-refractivity contribution is 14.1. The van der Waals surface area contributed by atoms with E-state index in [0.29, 0.717) is 23.0 Å². The van der Waals surface area contributed by atoms with Gasteiger partial charge in [0.25, 0.3) is 11.6 Å². The summed E-state index contributed by atoms with van der Waals surface area (Å²) >= 11 is 9.14. The number of nitro benzene ring substituents is 1. The van der Waals surface area contributed by atoms with Crippen LogP contribution >= 0.6 is 46.0 Å². The second kappa shape index (κ2) is 11.6. The minimum atomic E-state index is -0.568. The van der Waals surface area contributed by atoms with E-state index in [1.807, 2.05) is 30.3 Å². The number of benzene rings is 4. The molecule has 1 amide bonds. The van der Waals surface area contributed by atoms with E-state index < -0.39 is 4.92 Å². The molecule has 0 atom stereocenters. The van der Waals surface area contributed by atoms with E-state index in [0.717, 1.165) is 37.2 Å². The van der Waals surface area contributed by atoms with Gasteiger partial charge in [0.15, 0.2) is 16.7 Å². The van der Waals surface area contributed by atoms with Gasteiger partial charge in [-0.1, -0.05) is 54.1 Å². The van der Waals surface area contributed by atoms with Crippen LogP contribution in [0.2, 0.25) is 5.02 Å². The number of hydrogen-bond acceptors (Lipinski definition) is 7. The number of halogens is 2. The normalized spacial score (nSPS) is 15.1. The Labute approximate surface area is 246 Å². The molecule has 39 heavy (non-hydrogen) atoms. The third-order valence-corrected chi connectivity index (χ3v) is 7.75. The maximum atomic E-state index is 12.6. The first-order valence-corrected chi connectivity index (χ1v) is 13.8. The van der Waals surface area contributed by atoms with Crippen molar-refractivity contribution in [1.29, 1.82) is 0 Å². The maximum Gasteiger partial charge on any atom is 0.296 e. The predicted octanol–water partition coefficient (Wildman–Crippen LogP) is 7.49. The lowest BCUT2D eigenvalue weighted by Crippen LogP contribution is -2.19. The van der Waals surface area contributed by atoms with Crippen LogP contribution < -0.4 is 14.8 Å². The molecule has 0 bridgehead atoms. The standard InChI is InChI=1S/C28H19ClIN3O5S/c1-37-24-12-16(11-21(30)26(24)38-15-18-7-4-6-17-5-2-3-8-20(17)18)13-25-27(34)32-28(39-25)31-22-10-9-19(29)14-23(22)33(35)36/h2-14H,15H2,1H3,(H,31,32,34)/b25-13+. The zero-order chi connectivity index (χ0) is 27.5. The number of ether oxygens (including phenoxy) is 2. The summed E-state index contributed by atoms with van der Waals surface area (Å²) in [7, 11) is 1.56. The number of nitrogens with one attached hydrogen (secondary N) is 1. The molecule has 0 radical (unpaired) electrons. The highest BCUT2D eigenvalue weighted by atomic mass is 127. The molecule has 1 fully saturated rings. The van der Waals surface area contributed by atoms with Crippen molar-refractivity contribution >= 4 is 85.3 Å². The first kappa shape index (κ1) is 27.0. The summed E-state index contributed by atoms with van der Waals surface area (Å²) in [6.07, 6.45) is 1.71. The Bertz CT molecular complexity index is 1690. The number of hydrogen-bond donors (Lipinski definition) is 1. The largest absolute Gasteiger partial charge is 0.493 e. The fourth-order valence-electron chi connectivity index (χ4n) is 4.01. The van der Waals surface area contributed by atoms with Gasteiger partial charge in [-0.25, -0.2) is 4.99 Å². The van der Waals surface area contributed by atoms with E-state index in [4.69, 9.17) is 21.1 Å². The molecular weight excluding hydrogens is 653 g/mol. The van der Waals surface area contributed by atoms with Gasteiger partial charge in [-0.15, -0.1) is 0 Å². The molecule has 1 heterocycles. The molecule has 1 aliphatic rings.